The van der Waals surface area contributed by atoms with E-state index in [4.69, 9.17) is 0 Å². The summed E-state index contributed by atoms with van der Waals surface area (Å²) in [5, 5.41) is 6.75. The Morgan fingerprint density at radius 1 is 1.04 bits per heavy atom. The van der Waals surface area contributed by atoms with Crippen molar-refractivity contribution in [2.75, 3.05) is 26.2 Å². The molecule has 2 fully saturated rings. The maximum absolute atomic E-state index is 13.0. The van der Waals surface area contributed by atoms with Crippen LogP contribution in [0.1, 0.15) is 23.6 Å². The zero-order valence-electron chi connectivity index (χ0n) is 14.4. The highest BCUT2D eigenvalue weighted by molar-refractivity contribution is 5.80. The SMILES string of the molecule is O=C(NC(c1ccccc1)c1ccccc1)C1CC2CNCCN2C1. The second kappa shape index (κ2) is 7.38. The van der Waals surface area contributed by atoms with Gasteiger partial charge in [0.15, 0.2) is 0 Å². The number of amides is 1. The molecule has 25 heavy (non-hydrogen) atoms. The van der Waals surface area contributed by atoms with Gasteiger partial charge in [0.1, 0.15) is 0 Å². The molecule has 4 rings (SSSR count). The minimum Gasteiger partial charge on any atom is -0.345 e. The summed E-state index contributed by atoms with van der Waals surface area (Å²) in [6, 6.07) is 20.9. The summed E-state index contributed by atoms with van der Waals surface area (Å²) >= 11 is 0. The lowest BCUT2D eigenvalue weighted by molar-refractivity contribution is -0.125. The molecule has 2 aliphatic rings. The maximum Gasteiger partial charge on any atom is 0.225 e. The molecular formula is C21H25N3O. The predicted molar refractivity (Wildman–Crippen MR) is 99.2 cm³/mol. The molecule has 2 unspecified atom stereocenters. The first-order chi connectivity index (χ1) is 12.3. The average molecular weight is 335 g/mol. The van der Waals surface area contributed by atoms with Gasteiger partial charge in [-0.15, -0.1) is 0 Å². The van der Waals surface area contributed by atoms with E-state index >= 15 is 0 Å². The van der Waals surface area contributed by atoms with Crippen LogP contribution in [0, 0.1) is 5.92 Å². The van der Waals surface area contributed by atoms with Gasteiger partial charge in [-0.3, -0.25) is 9.69 Å². The third kappa shape index (κ3) is 3.60. The molecule has 2 atom stereocenters. The molecule has 4 heteroatoms. The van der Waals surface area contributed by atoms with Crippen molar-refractivity contribution >= 4 is 5.91 Å². The Kier molecular flexibility index (Phi) is 4.81. The predicted octanol–water partition coefficient (Wildman–Crippen LogP) is 2.19. The second-order valence-electron chi connectivity index (χ2n) is 7.05. The zero-order chi connectivity index (χ0) is 17.1. The fourth-order valence-electron chi connectivity index (χ4n) is 4.06. The van der Waals surface area contributed by atoms with Crippen LogP contribution in [0.15, 0.2) is 60.7 Å². The van der Waals surface area contributed by atoms with Crippen LogP contribution in [-0.4, -0.2) is 43.0 Å². The van der Waals surface area contributed by atoms with Crippen LogP contribution in [0.2, 0.25) is 0 Å². The summed E-state index contributed by atoms with van der Waals surface area (Å²) in [6.07, 6.45) is 0.954. The zero-order valence-corrected chi connectivity index (χ0v) is 14.4. The number of carbonyl (C=O) groups is 1. The molecule has 2 aromatic carbocycles. The van der Waals surface area contributed by atoms with E-state index in [1.54, 1.807) is 0 Å². The fraction of sp³-hybridized carbons (Fsp3) is 0.381. The van der Waals surface area contributed by atoms with Crippen molar-refractivity contribution in [3.05, 3.63) is 71.8 Å². The second-order valence-corrected chi connectivity index (χ2v) is 7.05. The molecule has 2 aliphatic heterocycles. The van der Waals surface area contributed by atoms with E-state index < -0.39 is 0 Å². The fourth-order valence-corrected chi connectivity index (χ4v) is 4.06. The van der Waals surface area contributed by atoms with Gasteiger partial charge in [0, 0.05) is 32.2 Å². The standard InChI is InChI=1S/C21H25N3O/c25-21(18-13-19-14-22-11-12-24(19)15-18)23-20(16-7-3-1-4-8-16)17-9-5-2-6-10-17/h1-10,18-20,22H,11-15H2,(H,23,25). The van der Waals surface area contributed by atoms with E-state index in [2.05, 4.69) is 39.8 Å². The van der Waals surface area contributed by atoms with Crippen LogP contribution in [0.3, 0.4) is 0 Å². The Bertz CT molecular complexity index is 650. The number of piperazine rings is 1. The maximum atomic E-state index is 13.0. The summed E-state index contributed by atoms with van der Waals surface area (Å²) in [7, 11) is 0. The van der Waals surface area contributed by atoms with E-state index in [1.165, 1.54) is 0 Å². The molecule has 2 heterocycles. The van der Waals surface area contributed by atoms with Gasteiger partial charge >= 0.3 is 0 Å². The van der Waals surface area contributed by atoms with Gasteiger partial charge in [-0.25, -0.2) is 0 Å². The van der Waals surface area contributed by atoms with E-state index in [0.29, 0.717) is 6.04 Å². The third-order valence-corrected chi connectivity index (χ3v) is 5.41. The van der Waals surface area contributed by atoms with Gasteiger partial charge in [-0.1, -0.05) is 60.7 Å². The molecule has 0 spiro atoms. The Labute approximate surface area is 149 Å². The van der Waals surface area contributed by atoms with Gasteiger partial charge in [0.2, 0.25) is 5.91 Å². The Morgan fingerprint density at radius 3 is 2.28 bits per heavy atom. The van der Waals surface area contributed by atoms with E-state index in [9.17, 15) is 4.79 Å². The van der Waals surface area contributed by atoms with Crippen LogP contribution in [0.4, 0.5) is 0 Å². The lowest BCUT2D eigenvalue weighted by Gasteiger charge is -2.29. The molecule has 0 aromatic heterocycles. The first kappa shape index (κ1) is 16.3. The monoisotopic (exact) mass is 335 g/mol. The topological polar surface area (TPSA) is 44.4 Å². The summed E-state index contributed by atoms with van der Waals surface area (Å²) in [5.41, 5.74) is 2.25. The number of hydrogen-bond acceptors (Lipinski definition) is 3. The number of rotatable bonds is 4. The van der Waals surface area contributed by atoms with E-state index in [0.717, 1.165) is 43.7 Å². The first-order valence-corrected chi connectivity index (χ1v) is 9.16. The normalized spacial score (nSPS) is 23.4. The van der Waals surface area contributed by atoms with Crippen LogP contribution in [0.25, 0.3) is 0 Å². The number of benzene rings is 2. The number of fused-ring (bicyclic) bond motifs is 1. The summed E-state index contributed by atoms with van der Waals surface area (Å²) in [6.45, 7) is 3.97. The first-order valence-electron chi connectivity index (χ1n) is 9.16. The van der Waals surface area contributed by atoms with Crippen LogP contribution < -0.4 is 10.6 Å². The average Bonchev–Trinajstić information content (AvgIpc) is 3.12. The van der Waals surface area contributed by atoms with Crippen LogP contribution in [-0.2, 0) is 4.79 Å². The molecule has 2 aromatic rings. The van der Waals surface area contributed by atoms with Crippen molar-refractivity contribution in [1.82, 2.24) is 15.5 Å². The highest BCUT2D eigenvalue weighted by Crippen LogP contribution is 2.27. The molecular weight excluding hydrogens is 310 g/mol. The van der Waals surface area contributed by atoms with Crippen molar-refractivity contribution in [2.24, 2.45) is 5.92 Å². The number of carbonyl (C=O) groups excluding carboxylic acids is 1. The largest absolute Gasteiger partial charge is 0.345 e. The lowest BCUT2D eigenvalue weighted by Crippen LogP contribution is -2.47. The van der Waals surface area contributed by atoms with Gasteiger partial charge < -0.3 is 10.6 Å². The van der Waals surface area contributed by atoms with E-state index in [1.807, 2.05) is 36.4 Å². The Balaban J connectivity index is 1.52. The highest BCUT2D eigenvalue weighted by atomic mass is 16.2. The number of hydrogen-bond donors (Lipinski definition) is 2. The van der Waals surface area contributed by atoms with Crippen LogP contribution in [0.5, 0.6) is 0 Å². The Morgan fingerprint density at radius 2 is 1.68 bits per heavy atom. The Hall–Kier alpha value is -2.17. The van der Waals surface area contributed by atoms with Gasteiger partial charge in [0.05, 0.1) is 12.0 Å². The summed E-state index contributed by atoms with van der Waals surface area (Å²) < 4.78 is 0. The molecule has 4 nitrogen and oxygen atoms in total. The summed E-state index contributed by atoms with van der Waals surface area (Å²) in [4.78, 5) is 15.4. The number of nitrogens with zero attached hydrogens (tertiary/aromatic N) is 1. The molecule has 2 saturated heterocycles. The molecule has 0 bridgehead atoms. The lowest BCUT2D eigenvalue weighted by atomic mass is 9.97. The minimum atomic E-state index is -0.0920. The number of nitrogens with one attached hydrogen (secondary N) is 2. The molecule has 0 radical (unpaired) electrons. The van der Waals surface area contributed by atoms with Gasteiger partial charge in [-0.2, -0.15) is 0 Å². The highest BCUT2D eigenvalue weighted by Gasteiger charge is 2.37. The van der Waals surface area contributed by atoms with Crippen molar-refractivity contribution < 1.29 is 4.79 Å². The van der Waals surface area contributed by atoms with E-state index in [-0.39, 0.29) is 17.9 Å². The smallest absolute Gasteiger partial charge is 0.225 e. The summed E-state index contributed by atoms with van der Waals surface area (Å²) in [5.74, 6) is 0.256. The molecule has 0 saturated carbocycles. The molecule has 2 N–H and O–H groups in total. The van der Waals surface area contributed by atoms with Crippen molar-refractivity contribution in [2.45, 2.75) is 18.5 Å². The third-order valence-electron chi connectivity index (χ3n) is 5.41. The molecule has 0 aliphatic carbocycles. The quantitative estimate of drug-likeness (QED) is 0.900. The molecule has 130 valence electrons. The van der Waals surface area contributed by atoms with Crippen molar-refractivity contribution in [1.29, 1.82) is 0 Å². The van der Waals surface area contributed by atoms with Crippen molar-refractivity contribution in [3.8, 4) is 0 Å². The molecule has 1 amide bonds. The van der Waals surface area contributed by atoms with Crippen LogP contribution >= 0.6 is 0 Å². The van der Waals surface area contributed by atoms with Crippen molar-refractivity contribution in [3.63, 3.8) is 0 Å². The minimum absolute atomic E-state index is 0.0832. The van der Waals surface area contributed by atoms with Gasteiger partial charge in [-0.05, 0) is 17.5 Å². The van der Waals surface area contributed by atoms with Gasteiger partial charge in [0.25, 0.3) is 0 Å².